The van der Waals surface area contributed by atoms with Gasteiger partial charge in [-0.05, 0) is 12.5 Å². The van der Waals surface area contributed by atoms with Crippen molar-refractivity contribution in [2.45, 2.75) is 12.8 Å². The number of nitrogens with one attached hydrogen (secondary N) is 1. The number of benzene rings is 1. The van der Waals surface area contributed by atoms with Crippen LogP contribution in [0.2, 0.25) is 0 Å². The first-order valence-corrected chi connectivity index (χ1v) is 7.41. The summed E-state index contributed by atoms with van der Waals surface area (Å²) in [4.78, 5) is 16.7. The Kier molecular flexibility index (Phi) is 5.56. The maximum Gasteiger partial charge on any atom is 0.229 e. The van der Waals surface area contributed by atoms with Gasteiger partial charge in [0.1, 0.15) is 0 Å². The standard InChI is InChI=1S/C16H25N3O/c1-14(15-6-4-3-5-7-15)16(20)18(2)12-13-19-10-8-17-9-11-19/h3-7,14,17H,8-13H2,1-2H3. The summed E-state index contributed by atoms with van der Waals surface area (Å²) >= 11 is 0. The van der Waals surface area contributed by atoms with Crippen LogP contribution in [0.1, 0.15) is 18.4 Å². The van der Waals surface area contributed by atoms with E-state index in [0.29, 0.717) is 0 Å². The summed E-state index contributed by atoms with van der Waals surface area (Å²) in [5.41, 5.74) is 1.09. The van der Waals surface area contributed by atoms with Gasteiger partial charge in [-0.3, -0.25) is 9.69 Å². The highest BCUT2D eigenvalue weighted by Crippen LogP contribution is 2.16. The van der Waals surface area contributed by atoms with Crippen LogP contribution in [0.15, 0.2) is 30.3 Å². The van der Waals surface area contributed by atoms with Crippen molar-refractivity contribution in [2.75, 3.05) is 46.3 Å². The van der Waals surface area contributed by atoms with Crippen LogP contribution >= 0.6 is 0 Å². The van der Waals surface area contributed by atoms with Gasteiger partial charge in [0.25, 0.3) is 0 Å². The smallest absolute Gasteiger partial charge is 0.229 e. The average Bonchev–Trinajstić information content (AvgIpc) is 2.53. The second kappa shape index (κ2) is 7.41. The first kappa shape index (κ1) is 15.0. The van der Waals surface area contributed by atoms with Gasteiger partial charge in [-0.15, -0.1) is 0 Å². The number of carbonyl (C=O) groups excluding carboxylic acids is 1. The lowest BCUT2D eigenvalue weighted by atomic mass is 10.00. The number of rotatable bonds is 5. The Balaban J connectivity index is 1.82. The molecule has 1 amide bonds. The fraction of sp³-hybridized carbons (Fsp3) is 0.562. The lowest BCUT2D eigenvalue weighted by Crippen LogP contribution is -2.46. The third-order valence-electron chi connectivity index (χ3n) is 4.01. The zero-order valence-corrected chi connectivity index (χ0v) is 12.5. The minimum Gasteiger partial charge on any atom is -0.344 e. The fourth-order valence-corrected chi connectivity index (χ4v) is 2.55. The molecule has 1 heterocycles. The molecule has 4 nitrogen and oxygen atoms in total. The monoisotopic (exact) mass is 275 g/mol. The highest BCUT2D eigenvalue weighted by molar-refractivity contribution is 5.83. The molecular weight excluding hydrogens is 250 g/mol. The average molecular weight is 275 g/mol. The minimum atomic E-state index is -0.0655. The molecule has 0 aromatic heterocycles. The van der Waals surface area contributed by atoms with Crippen LogP contribution in [0.3, 0.4) is 0 Å². The minimum absolute atomic E-state index is 0.0655. The molecule has 2 rings (SSSR count). The predicted molar refractivity (Wildman–Crippen MR) is 81.8 cm³/mol. The van der Waals surface area contributed by atoms with Crippen molar-refractivity contribution in [3.05, 3.63) is 35.9 Å². The predicted octanol–water partition coefficient (Wildman–Crippen LogP) is 1.15. The quantitative estimate of drug-likeness (QED) is 0.876. The van der Waals surface area contributed by atoms with Crippen LogP contribution in [-0.4, -0.2) is 62.0 Å². The van der Waals surface area contributed by atoms with Crippen LogP contribution in [0.5, 0.6) is 0 Å². The number of nitrogens with zero attached hydrogens (tertiary/aromatic N) is 2. The Morgan fingerprint density at radius 2 is 1.95 bits per heavy atom. The SMILES string of the molecule is CC(C(=O)N(C)CCN1CCNCC1)c1ccccc1. The molecule has 0 aliphatic carbocycles. The molecule has 110 valence electrons. The van der Waals surface area contributed by atoms with Crippen LogP contribution < -0.4 is 5.32 Å². The number of hydrogen-bond acceptors (Lipinski definition) is 3. The van der Waals surface area contributed by atoms with Gasteiger partial charge in [0.05, 0.1) is 5.92 Å². The third-order valence-corrected chi connectivity index (χ3v) is 4.01. The zero-order valence-electron chi connectivity index (χ0n) is 12.5. The van der Waals surface area contributed by atoms with E-state index in [2.05, 4.69) is 10.2 Å². The highest BCUT2D eigenvalue weighted by Gasteiger charge is 2.19. The summed E-state index contributed by atoms with van der Waals surface area (Å²) in [7, 11) is 1.91. The lowest BCUT2D eigenvalue weighted by Gasteiger charge is -2.30. The van der Waals surface area contributed by atoms with Gasteiger partial charge in [0, 0.05) is 46.3 Å². The zero-order chi connectivity index (χ0) is 14.4. The number of piperazine rings is 1. The molecule has 0 radical (unpaired) electrons. The topological polar surface area (TPSA) is 35.6 Å². The number of likely N-dealkylation sites (N-methyl/N-ethyl adjacent to an activating group) is 1. The summed E-state index contributed by atoms with van der Waals surface area (Å²) in [5.74, 6) is 0.135. The molecule has 1 fully saturated rings. The molecule has 0 spiro atoms. The van der Waals surface area contributed by atoms with Crippen LogP contribution in [-0.2, 0) is 4.79 Å². The first-order valence-electron chi connectivity index (χ1n) is 7.41. The van der Waals surface area contributed by atoms with E-state index in [9.17, 15) is 4.79 Å². The molecule has 1 N–H and O–H groups in total. The Bertz CT molecular complexity index is 415. The molecule has 1 aliphatic rings. The highest BCUT2D eigenvalue weighted by atomic mass is 16.2. The Morgan fingerprint density at radius 3 is 2.60 bits per heavy atom. The van der Waals surface area contributed by atoms with Gasteiger partial charge in [0.2, 0.25) is 5.91 Å². The molecule has 0 bridgehead atoms. The normalized spacial score (nSPS) is 17.7. The Morgan fingerprint density at radius 1 is 1.30 bits per heavy atom. The number of carbonyl (C=O) groups is 1. The van der Waals surface area contributed by atoms with Crippen molar-refractivity contribution < 1.29 is 4.79 Å². The molecule has 1 aliphatic heterocycles. The van der Waals surface area contributed by atoms with Gasteiger partial charge in [-0.1, -0.05) is 30.3 Å². The van der Waals surface area contributed by atoms with E-state index in [1.165, 1.54) is 0 Å². The molecule has 20 heavy (non-hydrogen) atoms. The van der Waals surface area contributed by atoms with Crippen molar-refractivity contribution >= 4 is 5.91 Å². The maximum atomic E-state index is 12.4. The summed E-state index contributed by atoms with van der Waals surface area (Å²) in [6, 6.07) is 9.99. The van der Waals surface area contributed by atoms with E-state index >= 15 is 0 Å². The van der Waals surface area contributed by atoms with Gasteiger partial charge < -0.3 is 10.2 Å². The van der Waals surface area contributed by atoms with Gasteiger partial charge >= 0.3 is 0 Å². The maximum absolute atomic E-state index is 12.4. The second-order valence-electron chi connectivity index (χ2n) is 5.48. The van der Waals surface area contributed by atoms with Crippen molar-refractivity contribution in [1.29, 1.82) is 0 Å². The third kappa shape index (κ3) is 4.05. The van der Waals surface area contributed by atoms with Crippen LogP contribution in [0.25, 0.3) is 0 Å². The Labute approximate surface area is 121 Å². The van der Waals surface area contributed by atoms with Crippen LogP contribution in [0, 0.1) is 0 Å². The summed E-state index contributed by atoms with van der Waals surface area (Å²) in [6.45, 7) is 8.02. The summed E-state index contributed by atoms with van der Waals surface area (Å²) < 4.78 is 0. The van der Waals surface area contributed by atoms with E-state index in [4.69, 9.17) is 0 Å². The largest absolute Gasteiger partial charge is 0.344 e. The fourth-order valence-electron chi connectivity index (χ4n) is 2.55. The van der Waals surface area contributed by atoms with Crippen molar-refractivity contribution in [1.82, 2.24) is 15.1 Å². The van der Waals surface area contributed by atoms with Gasteiger partial charge in [0.15, 0.2) is 0 Å². The number of hydrogen-bond donors (Lipinski definition) is 1. The van der Waals surface area contributed by atoms with E-state index < -0.39 is 0 Å². The molecule has 0 saturated carbocycles. The molecule has 4 heteroatoms. The molecule has 1 aromatic carbocycles. The van der Waals surface area contributed by atoms with Gasteiger partial charge in [-0.2, -0.15) is 0 Å². The van der Waals surface area contributed by atoms with E-state index in [1.807, 2.05) is 49.2 Å². The Hall–Kier alpha value is -1.39. The first-order chi connectivity index (χ1) is 9.68. The lowest BCUT2D eigenvalue weighted by molar-refractivity contribution is -0.131. The van der Waals surface area contributed by atoms with Crippen LogP contribution in [0.4, 0.5) is 0 Å². The van der Waals surface area contributed by atoms with E-state index in [1.54, 1.807) is 0 Å². The summed E-state index contributed by atoms with van der Waals surface area (Å²) in [5, 5.41) is 3.34. The van der Waals surface area contributed by atoms with Crippen molar-refractivity contribution in [3.8, 4) is 0 Å². The van der Waals surface area contributed by atoms with E-state index in [0.717, 1.165) is 44.8 Å². The molecule has 1 saturated heterocycles. The second-order valence-corrected chi connectivity index (χ2v) is 5.48. The molecule has 1 unspecified atom stereocenters. The molecule has 1 atom stereocenters. The van der Waals surface area contributed by atoms with Crippen molar-refractivity contribution in [2.24, 2.45) is 0 Å². The van der Waals surface area contributed by atoms with E-state index in [-0.39, 0.29) is 11.8 Å². The number of amides is 1. The van der Waals surface area contributed by atoms with Crippen molar-refractivity contribution in [3.63, 3.8) is 0 Å². The summed E-state index contributed by atoms with van der Waals surface area (Å²) in [6.07, 6.45) is 0. The molecule has 1 aromatic rings. The van der Waals surface area contributed by atoms with Gasteiger partial charge in [-0.25, -0.2) is 0 Å². The molecular formula is C16H25N3O.